The first-order chi connectivity index (χ1) is 6.70. The Morgan fingerprint density at radius 2 is 2.00 bits per heavy atom. The third kappa shape index (κ3) is 1.90. The van der Waals surface area contributed by atoms with Gasteiger partial charge in [-0.3, -0.25) is 10.5 Å². The molecule has 1 saturated heterocycles. The van der Waals surface area contributed by atoms with E-state index in [4.69, 9.17) is 6.42 Å². The summed E-state index contributed by atoms with van der Waals surface area (Å²) < 4.78 is 54.8. The minimum atomic E-state index is -4.78. The molecule has 3 nitrogen and oxygen atoms in total. The summed E-state index contributed by atoms with van der Waals surface area (Å²) in [6, 6.07) is -4.78. The van der Waals surface area contributed by atoms with Crippen LogP contribution in [0.3, 0.4) is 0 Å². The Labute approximate surface area is 82.6 Å². The third-order valence-electron chi connectivity index (χ3n) is 2.03. The number of nitrogens with two attached hydrogens (primary N) is 1. The number of carbonyl (C=O) groups excluding carboxylic acids is 1. The number of carbonyl (C=O) groups is 1. The zero-order chi connectivity index (χ0) is 11.9. The number of esters is 1. The molecule has 2 atom stereocenters. The quantitative estimate of drug-likeness (QED) is 0.326. The number of hydrogen-bond donors (Lipinski definition) is 1. The normalized spacial score (nSPS) is 27.3. The van der Waals surface area contributed by atoms with Gasteiger partial charge < -0.3 is 4.74 Å². The number of cyclic esters (lactones) is 1. The van der Waals surface area contributed by atoms with Gasteiger partial charge in [0.2, 0.25) is 0 Å². The van der Waals surface area contributed by atoms with Crippen molar-refractivity contribution in [3.05, 3.63) is 0 Å². The highest BCUT2D eigenvalue weighted by Crippen LogP contribution is 2.41. The van der Waals surface area contributed by atoms with Gasteiger partial charge in [-0.25, -0.2) is 0 Å². The smallest absolute Gasteiger partial charge is 0.366 e. The van der Waals surface area contributed by atoms with Crippen molar-refractivity contribution in [1.29, 1.82) is 0 Å². The molecule has 2 N–H and O–H groups in total. The van der Waals surface area contributed by atoms with E-state index in [0.717, 1.165) is 0 Å². The van der Waals surface area contributed by atoms with Gasteiger partial charge in [-0.05, 0) is 0 Å². The summed E-state index contributed by atoms with van der Waals surface area (Å²) in [7, 11) is 0. The number of terminal acetylenes is 1. The predicted octanol–water partition coefficient (Wildman–Crippen LogP) is 0.738. The van der Waals surface area contributed by atoms with E-state index in [2.05, 4.69) is 10.5 Å². The van der Waals surface area contributed by atoms with Gasteiger partial charge in [0.05, 0.1) is 12.3 Å². The molecule has 1 aliphatic rings. The summed E-state index contributed by atoms with van der Waals surface area (Å²) in [5, 5.41) is 0. The van der Waals surface area contributed by atoms with Crippen molar-refractivity contribution >= 4 is 5.97 Å². The van der Waals surface area contributed by atoms with Gasteiger partial charge in [0.15, 0.2) is 6.10 Å². The lowest BCUT2D eigenvalue weighted by Gasteiger charge is -2.28. The molecule has 1 rings (SSSR count). The van der Waals surface area contributed by atoms with E-state index >= 15 is 0 Å². The van der Waals surface area contributed by atoms with E-state index < -0.39 is 36.4 Å². The Balaban J connectivity index is 2.98. The molecule has 0 radical (unpaired) electrons. The van der Waals surface area contributed by atoms with Crippen LogP contribution in [-0.4, -0.2) is 24.0 Å². The fourth-order valence-corrected chi connectivity index (χ4v) is 1.22. The van der Waals surface area contributed by atoms with Crippen molar-refractivity contribution in [2.45, 2.75) is 24.5 Å². The highest BCUT2D eigenvalue weighted by atomic mass is 19.3. The molecule has 1 aliphatic heterocycles. The van der Waals surface area contributed by atoms with Crippen molar-refractivity contribution in [3.63, 3.8) is 0 Å². The Kier molecular flexibility index (Phi) is 2.65. The fraction of sp³-hybridized carbons (Fsp3) is 0.625. The third-order valence-corrected chi connectivity index (χ3v) is 2.03. The Hall–Kier alpha value is -1.29. The minimum Gasteiger partial charge on any atom is -0.454 e. The van der Waals surface area contributed by atoms with E-state index in [1.807, 2.05) is 5.92 Å². The predicted molar refractivity (Wildman–Crippen MR) is 40.9 cm³/mol. The summed E-state index contributed by atoms with van der Waals surface area (Å²) in [6.07, 6.45) is 1.95. The number of alkyl halides is 4. The molecule has 0 aromatic carbocycles. The Morgan fingerprint density at radius 3 is 2.40 bits per heavy atom. The number of hydrogen-bond acceptors (Lipinski definition) is 3. The first-order valence-electron chi connectivity index (χ1n) is 3.90. The van der Waals surface area contributed by atoms with Crippen LogP contribution in [-0.2, 0) is 9.53 Å². The molecule has 84 valence electrons. The fourth-order valence-electron chi connectivity index (χ4n) is 1.22. The van der Waals surface area contributed by atoms with Gasteiger partial charge in [-0.15, -0.1) is 6.42 Å². The van der Waals surface area contributed by atoms with Crippen LogP contribution >= 0.6 is 0 Å². The summed E-state index contributed by atoms with van der Waals surface area (Å²) in [5.41, 5.74) is 4.01. The standard InChI is InChI=1S/C8H7F4NO2/c1-2-4-3-5(14)15-6(4)7(9,10)8(11,12)13/h1,4,6H,3,13H2. The van der Waals surface area contributed by atoms with Crippen LogP contribution in [0.2, 0.25) is 0 Å². The molecule has 0 bridgehead atoms. The zero-order valence-electron chi connectivity index (χ0n) is 7.34. The van der Waals surface area contributed by atoms with Crippen LogP contribution in [0.5, 0.6) is 0 Å². The minimum absolute atomic E-state index is 0.507. The van der Waals surface area contributed by atoms with Gasteiger partial charge in [0.1, 0.15) is 0 Å². The van der Waals surface area contributed by atoms with Crippen molar-refractivity contribution in [2.24, 2.45) is 11.7 Å². The zero-order valence-corrected chi connectivity index (χ0v) is 7.34. The summed E-state index contributed by atoms with van der Waals surface area (Å²) in [5.74, 6) is -5.28. The lowest BCUT2D eigenvalue weighted by Crippen LogP contribution is -2.56. The van der Waals surface area contributed by atoms with E-state index in [9.17, 15) is 22.4 Å². The summed E-state index contributed by atoms with van der Waals surface area (Å²) in [4.78, 5) is 10.7. The average molecular weight is 225 g/mol. The van der Waals surface area contributed by atoms with Gasteiger partial charge >= 0.3 is 17.9 Å². The molecule has 0 saturated carbocycles. The van der Waals surface area contributed by atoms with Crippen LogP contribution in [0.1, 0.15) is 6.42 Å². The molecule has 0 spiro atoms. The van der Waals surface area contributed by atoms with Crippen molar-refractivity contribution in [2.75, 3.05) is 0 Å². The Morgan fingerprint density at radius 1 is 1.47 bits per heavy atom. The summed E-state index contributed by atoms with van der Waals surface area (Å²) >= 11 is 0. The second kappa shape index (κ2) is 3.38. The number of halogens is 4. The Bertz CT molecular complexity index is 318. The van der Waals surface area contributed by atoms with Crippen LogP contribution in [0.15, 0.2) is 0 Å². The van der Waals surface area contributed by atoms with E-state index in [1.54, 1.807) is 0 Å². The summed E-state index contributed by atoms with van der Waals surface area (Å²) in [6.45, 7) is 0. The topological polar surface area (TPSA) is 52.3 Å². The maximum absolute atomic E-state index is 13.0. The largest absolute Gasteiger partial charge is 0.454 e. The van der Waals surface area contributed by atoms with Gasteiger partial charge in [0.25, 0.3) is 0 Å². The highest BCUT2D eigenvalue weighted by Gasteiger charge is 2.64. The number of ether oxygens (including phenoxy) is 1. The second-order valence-corrected chi connectivity index (χ2v) is 3.13. The first kappa shape index (κ1) is 11.8. The molecule has 15 heavy (non-hydrogen) atoms. The van der Waals surface area contributed by atoms with Gasteiger partial charge in [-0.2, -0.15) is 17.6 Å². The number of rotatable bonds is 2. The van der Waals surface area contributed by atoms with Crippen LogP contribution in [0.25, 0.3) is 0 Å². The van der Waals surface area contributed by atoms with Crippen LogP contribution < -0.4 is 5.73 Å². The van der Waals surface area contributed by atoms with Crippen molar-refractivity contribution in [1.82, 2.24) is 0 Å². The maximum atomic E-state index is 13.0. The molecular formula is C8H7F4NO2. The molecule has 1 fully saturated rings. The molecule has 0 amide bonds. The molecular weight excluding hydrogens is 218 g/mol. The van der Waals surface area contributed by atoms with E-state index in [0.29, 0.717) is 0 Å². The highest BCUT2D eigenvalue weighted by molar-refractivity contribution is 5.73. The maximum Gasteiger partial charge on any atom is 0.366 e. The van der Waals surface area contributed by atoms with Crippen molar-refractivity contribution < 1.29 is 27.1 Å². The second-order valence-electron chi connectivity index (χ2n) is 3.13. The molecule has 2 unspecified atom stereocenters. The van der Waals surface area contributed by atoms with Crippen LogP contribution in [0.4, 0.5) is 17.6 Å². The first-order valence-corrected chi connectivity index (χ1v) is 3.90. The lowest BCUT2D eigenvalue weighted by molar-refractivity contribution is -0.253. The van der Waals surface area contributed by atoms with Crippen molar-refractivity contribution in [3.8, 4) is 12.3 Å². The van der Waals surface area contributed by atoms with Crippen LogP contribution in [0, 0.1) is 18.3 Å². The van der Waals surface area contributed by atoms with Gasteiger partial charge in [0, 0.05) is 0 Å². The van der Waals surface area contributed by atoms with E-state index in [-0.39, 0.29) is 0 Å². The molecule has 1 heterocycles. The van der Waals surface area contributed by atoms with Gasteiger partial charge in [-0.1, -0.05) is 5.92 Å². The van der Waals surface area contributed by atoms with E-state index in [1.165, 1.54) is 0 Å². The lowest BCUT2D eigenvalue weighted by atomic mass is 9.96. The molecule has 0 aliphatic carbocycles. The molecule has 7 heteroatoms. The SMILES string of the molecule is C#CC1CC(=O)OC1C(F)(F)C(N)(F)F. The monoisotopic (exact) mass is 225 g/mol. The molecule has 0 aromatic rings. The average Bonchev–Trinajstić information content (AvgIpc) is 2.45. The molecule has 0 aromatic heterocycles.